The van der Waals surface area contributed by atoms with E-state index >= 15 is 0 Å². The van der Waals surface area contributed by atoms with Gasteiger partial charge in [0.25, 0.3) is 5.69 Å². The zero-order valence-corrected chi connectivity index (χ0v) is 14.6. The zero-order valence-electron chi connectivity index (χ0n) is 14.6. The van der Waals surface area contributed by atoms with E-state index in [-0.39, 0.29) is 16.8 Å². The SMILES string of the molecule is CC(O)C(N1CCNCC1)n1c2ccccc2c2cc([N+](=O)[O-])ccc21. The second kappa shape index (κ2) is 6.68. The molecule has 1 aliphatic rings. The number of nitro benzene ring substituents is 1. The molecule has 7 nitrogen and oxygen atoms in total. The Morgan fingerprint density at radius 2 is 1.81 bits per heavy atom. The van der Waals surface area contributed by atoms with Crippen LogP contribution in [0.15, 0.2) is 42.5 Å². The summed E-state index contributed by atoms with van der Waals surface area (Å²) in [6, 6.07) is 12.9. The summed E-state index contributed by atoms with van der Waals surface area (Å²) in [5.41, 5.74) is 1.96. The summed E-state index contributed by atoms with van der Waals surface area (Å²) in [7, 11) is 0. The molecular formula is C19H22N4O3. The fraction of sp³-hybridized carbons (Fsp3) is 0.368. The smallest absolute Gasteiger partial charge is 0.270 e. The van der Waals surface area contributed by atoms with Gasteiger partial charge >= 0.3 is 0 Å². The number of hydrogen-bond donors (Lipinski definition) is 2. The van der Waals surface area contributed by atoms with Crippen molar-refractivity contribution in [3.63, 3.8) is 0 Å². The van der Waals surface area contributed by atoms with E-state index < -0.39 is 6.10 Å². The first kappa shape index (κ1) is 17.0. The molecule has 1 fully saturated rings. The Morgan fingerprint density at radius 1 is 1.12 bits per heavy atom. The third-order valence-electron chi connectivity index (χ3n) is 5.13. The minimum Gasteiger partial charge on any atom is -0.390 e. The molecule has 0 radical (unpaired) electrons. The lowest BCUT2D eigenvalue weighted by molar-refractivity contribution is -0.384. The second-order valence-electron chi connectivity index (χ2n) is 6.79. The van der Waals surface area contributed by atoms with E-state index in [0.717, 1.165) is 48.0 Å². The summed E-state index contributed by atoms with van der Waals surface area (Å²) >= 11 is 0. The first-order valence-corrected chi connectivity index (χ1v) is 8.88. The van der Waals surface area contributed by atoms with Gasteiger partial charge in [0.1, 0.15) is 6.17 Å². The van der Waals surface area contributed by atoms with Gasteiger partial charge < -0.3 is 15.0 Å². The molecule has 2 aromatic carbocycles. The van der Waals surface area contributed by atoms with Gasteiger partial charge in [0.05, 0.1) is 22.1 Å². The number of aliphatic hydroxyl groups excluding tert-OH is 1. The average molecular weight is 354 g/mol. The Labute approximate surface area is 151 Å². The normalized spacial score (nSPS) is 18.2. The van der Waals surface area contributed by atoms with Crippen molar-refractivity contribution in [2.45, 2.75) is 19.2 Å². The first-order valence-electron chi connectivity index (χ1n) is 8.88. The number of benzene rings is 2. The van der Waals surface area contributed by atoms with Gasteiger partial charge in [-0.3, -0.25) is 15.0 Å². The van der Waals surface area contributed by atoms with Crippen molar-refractivity contribution >= 4 is 27.5 Å². The molecule has 136 valence electrons. The van der Waals surface area contributed by atoms with Crippen molar-refractivity contribution in [3.8, 4) is 0 Å². The molecule has 0 amide bonds. The van der Waals surface area contributed by atoms with Gasteiger partial charge in [-0.25, -0.2) is 0 Å². The van der Waals surface area contributed by atoms with Gasteiger partial charge in [-0.15, -0.1) is 0 Å². The van der Waals surface area contributed by atoms with Gasteiger partial charge in [0.15, 0.2) is 0 Å². The van der Waals surface area contributed by atoms with Crippen LogP contribution in [0.5, 0.6) is 0 Å². The Morgan fingerprint density at radius 3 is 2.50 bits per heavy atom. The number of piperazine rings is 1. The molecule has 1 saturated heterocycles. The third-order valence-corrected chi connectivity index (χ3v) is 5.13. The summed E-state index contributed by atoms with van der Waals surface area (Å²) in [6.07, 6.45) is -0.803. The van der Waals surface area contributed by atoms with Crippen molar-refractivity contribution in [1.82, 2.24) is 14.8 Å². The average Bonchev–Trinajstić information content (AvgIpc) is 2.97. The number of nitro groups is 1. The molecular weight excluding hydrogens is 332 g/mol. The van der Waals surface area contributed by atoms with E-state index in [4.69, 9.17) is 0 Å². The van der Waals surface area contributed by atoms with Crippen LogP contribution in [0.3, 0.4) is 0 Å². The monoisotopic (exact) mass is 354 g/mol. The van der Waals surface area contributed by atoms with Gasteiger partial charge in [0, 0.05) is 49.1 Å². The molecule has 4 rings (SSSR count). The predicted octanol–water partition coefficient (Wildman–Crippen LogP) is 2.49. The molecule has 1 aromatic heterocycles. The number of hydrogen-bond acceptors (Lipinski definition) is 5. The molecule has 26 heavy (non-hydrogen) atoms. The maximum atomic E-state index is 11.2. The van der Waals surface area contributed by atoms with Gasteiger partial charge in [-0.05, 0) is 19.1 Å². The Bertz CT molecular complexity index is 960. The molecule has 1 aliphatic heterocycles. The van der Waals surface area contributed by atoms with Crippen LogP contribution in [0, 0.1) is 10.1 Å². The minimum atomic E-state index is -0.581. The predicted molar refractivity (Wildman–Crippen MR) is 101 cm³/mol. The second-order valence-corrected chi connectivity index (χ2v) is 6.79. The molecule has 2 N–H and O–H groups in total. The highest BCUT2D eigenvalue weighted by Gasteiger charge is 2.29. The minimum absolute atomic E-state index is 0.0798. The number of aliphatic hydroxyl groups is 1. The van der Waals surface area contributed by atoms with Crippen LogP contribution in [0.25, 0.3) is 21.8 Å². The summed E-state index contributed by atoms with van der Waals surface area (Å²) in [5.74, 6) is 0. The summed E-state index contributed by atoms with van der Waals surface area (Å²) in [4.78, 5) is 13.1. The van der Waals surface area contributed by atoms with Gasteiger partial charge in [-0.1, -0.05) is 18.2 Å². The Hall–Kier alpha value is -2.48. The molecule has 0 saturated carbocycles. The van der Waals surface area contributed by atoms with Gasteiger partial charge in [0.2, 0.25) is 0 Å². The highest BCUT2D eigenvalue weighted by atomic mass is 16.6. The van der Waals surface area contributed by atoms with Crippen molar-refractivity contribution in [2.75, 3.05) is 26.2 Å². The van der Waals surface area contributed by atoms with E-state index in [1.807, 2.05) is 24.3 Å². The maximum absolute atomic E-state index is 11.2. The number of nitrogens with one attached hydrogen (secondary N) is 1. The van der Waals surface area contributed by atoms with E-state index in [1.54, 1.807) is 19.1 Å². The first-order chi connectivity index (χ1) is 12.6. The Balaban J connectivity index is 1.98. The summed E-state index contributed by atoms with van der Waals surface area (Å²) in [6.45, 7) is 5.25. The fourth-order valence-electron chi connectivity index (χ4n) is 4.02. The van der Waals surface area contributed by atoms with Crippen LogP contribution in [0.2, 0.25) is 0 Å². The molecule has 2 heterocycles. The van der Waals surface area contributed by atoms with E-state index in [1.165, 1.54) is 6.07 Å². The van der Waals surface area contributed by atoms with Gasteiger partial charge in [-0.2, -0.15) is 0 Å². The number of aromatic nitrogens is 1. The largest absolute Gasteiger partial charge is 0.390 e. The van der Waals surface area contributed by atoms with Crippen molar-refractivity contribution in [2.24, 2.45) is 0 Å². The standard InChI is InChI=1S/C19H22N4O3/c1-13(24)19(21-10-8-20-9-11-21)22-17-5-3-2-4-15(17)16-12-14(23(25)26)6-7-18(16)22/h2-7,12-13,19-20,24H,8-11H2,1H3. The molecule has 0 aliphatic carbocycles. The molecule has 2 unspecified atom stereocenters. The van der Waals surface area contributed by atoms with E-state index in [2.05, 4.69) is 14.8 Å². The van der Waals surface area contributed by atoms with Crippen molar-refractivity contribution in [1.29, 1.82) is 0 Å². The highest BCUT2D eigenvalue weighted by Crippen LogP contribution is 2.36. The topological polar surface area (TPSA) is 83.6 Å². The van der Waals surface area contributed by atoms with Crippen LogP contribution in [0.1, 0.15) is 13.1 Å². The van der Waals surface area contributed by atoms with Crippen molar-refractivity contribution < 1.29 is 10.0 Å². The quantitative estimate of drug-likeness (QED) is 0.555. The zero-order chi connectivity index (χ0) is 18.3. The summed E-state index contributed by atoms with van der Waals surface area (Å²) < 4.78 is 2.13. The molecule has 2 atom stereocenters. The third kappa shape index (κ3) is 2.74. The molecule has 3 aromatic rings. The Kier molecular flexibility index (Phi) is 4.36. The number of rotatable bonds is 4. The number of nitrogens with zero attached hydrogens (tertiary/aromatic N) is 3. The van der Waals surface area contributed by atoms with Crippen LogP contribution < -0.4 is 5.32 Å². The number of non-ortho nitro benzene ring substituents is 1. The fourth-order valence-corrected chi connectivity index (χ4v) is 4.02. The van der Waals surface area contributed by atoms with Crippen LogP contribution >= 0.6 is 0 Å². The van der Waals surface area contributed by atoms with E-state index in [9.17, 15) is 15.2 Å². The van der Waals surface area contributed by atoms with Crippen LogP contribution in [-0.4, -0.2) is 51.8 Å². The maximum Gasteiger partial charge on any atom is 0.270 e. The summed E-state index contributed by atoms with van der Waals surface area (Å²) in [5, 5.41) is 27.0. The lowest BCUT2D eigenvalue weighted by Crippen LogP contribution is -2.49. The lowest BCUT2D eigenvalue weighted by Gasteiger charge is -2.38. The molecule has 0 spiro atoms. The number of fused-ring (bicyclic) bond motifs is 3. The molecule has 0 bridgehead atoms. The van der Waals surface area contributed by atoms with E-state index in [0.29, 0.717) is 0 Å². The van der Waals surface area contributed by atoms with Crippen LogP contribution in [-0.2, 0) is 0 Å². The van der Waals surface area contributed by atoms with Crippen molar-refractivity contribution in [3.05, 3.63) is 52.6 Å². The van der Waals surface area contributed by atoms with Crippen LogP contribution in [0.4, 0.5) is 5.69 Å². The number of para-hydroxylation sites is 1. The lowest BCUT2D eigenvalue weighted by atomic mass is 10.1. The highest BCUT2D eigenvalue weighted by molar-refractivity contribution is 6.08. The molecule has 7 heteroatoms.